The summed E-state index contributed by atoms with van der Waals surface area (Å²) in [6, 6.07) is 5.74. The molecule has 21 heavy (non-hydrogen) atoms. The van der Waals surface area contributed by atoms with Gasteiger partial charge in [-0.05, 0) is 31.7 Å². The van der Waals surface area contributed by atoms with Crippen LogP contribution in [-0.4, -0.2) is 16.7 Å². The SMILES string of the molecule is CCNC(C)c1cc(Cl)ccc1OCc1nnc(CC)o1. The standard InChI is InChI=1S/C15H20ClN3O2/c1-4-14-18-19-15(21-14)9-20-13-7-6-11(16)8-12(13)10(3)17-5-2/h6-8,10,17H,4-5,9H2,1-3H3. The highest BCUT2D eigenvalue weighted by atomic mass is 35.5. The maximum Gasteiger partial charge on any atom is 0.253 e. The number of ether oxygens (including phenoxy) is 1. The summed E-state index contributed by atoms with van der Waals surface area (Å²) >= 11 is 6.08. The molecule has 1 heterocycles. The van der Waals surface area contributed by atoms with Gasteiger partial charge in [-0.25, -0.2) is 0 Å². The average Bonchev–Trinajstić information content (AvgIpc) is 2.94. The zero-order valence-corrected chi connectivity index (χ0v) is 13.3. The van der Waals surface area contributed by atoms with E-state index in [0.717, 1.165) is 24.3 Å². The van der Waals surface area contributed by atoms with Gasteiger partial charge < -0.3 is 14.5 Å². The monoisotopic (exact) mass is 309 g/mol. The van der Waals surface area contributed by atoms with Crippen molar-refractivity contribution in [2.75, 3.05) is 6.54 Å². The Kier molecular flexibility index (Phi) is 5.59. The summed E-state index contributed by atoms with van der Waals surface area (Å²) in [6.45, 7) is 7.22. The van der Waals surface area contributed by atoms with Gasteiger partial charge in [0.25, 0.3) is 5.89 Å². The number of aryl methyl sites for hydroxylation is 1. The molecule has 1 aromatic carbocycles. The number of nitrogens with zero attached hydrogens (tertiary/aromatic N) is 2. The summed E-state index contributed by atoms with van der Waals surface area (Å²) < 4.78 is 11.2. The molecular formula is C15H20ClN3O2. The van der Waals surface area contributed by atoms with Crippen LogP contribution in [0.4, 0.5) is 0 Å². The molecule has 1 atom stereocenters. The number of hydrogen-bond acceptors (Lipinski definition) is 5. The average molecular weight is 310 g/mol. The lowest BCUT2D eigenvalue weighted by Crippen LogP contribution is -2.18. The van der Waals surface area contributed by atoms with Crippen molar-refractivity contribution in [2.45, 2.75) is 39.8 Å². The van der Waals surface area contributed by atoms with Gasteiger partial charge in [0.2, 0.25) is 5.89 Å². The molecule has 114 valence electrons. The van der Waals surface area contributed by atoms with Gasteiger partial charge in [-0.2, -0.15) is 0 Å². The number of halogens is 1. The van der Waals surface area contributed by atoms with Gasteiger partial charge in [0.1, 0.15) is 5.75 Å². The van der Waals surface area contributed by atoms with Crippen LogP contribution in [-0.2, 0) is 13.0 Å². The fraction of sp³-hybridized carbons (Fsp3) is 0.467. The molecular weight excluding hydrogens is 290 g/mol. The van der Waals surface area contributed by atoms with Gasteiger partial charge >= 0.3 is 0 Å². The van der Waals surface area contributed by atoms with Crippen LogP contribution in [0.2, 0.25) is 5.02 Å². The summed E-state index contributed by atoms with van der Waals surface area (Å²) in [7, 11) is 0. The topological polar surface area (TPSA) is 60.2 Å². The number of hydrogen-bond donors (Lipinski definition) is 1. The van der Waals surface area contributed by atoms with E-state index in [1.54, 1.807) is 0 Å². The maximum atomic E-state index is 6.08. The van der Waals surface area contributed by atoms with Gasteiger partial charge in [-0.1, -0.05) is 25.4 Å². The van der Waals surface area contributed by atoms with Crippen LogP contribution in [0.1, 0.15) is 44.2 Å². The second-order valence-corrected chi connectivity index (χ2v) is 5.13. The van der Waals surface area contributed by atoms with Crippen molar-refractivity contribution in [3.63, 3.8) is 0 Å². The predicted molar refractivity (Wildman–Crippen MR) is 81.6 cm³/mol. The van der Waals surface area contributed by atoms with Gasteiger partial charge in [0.15, 0.2) is 6.61 Å². The zero-order valence-electron chi connectivity index (χ0n) is 12.5. The molecule has 0 saturated carbocycles. The van der Waals surface area contributed by atoms with E-state index < -0.39 is 0 Å². The fourth-order valence-electron chi connectivity index (χ4n) is 2.03. The first-order valence-corrected chi connectivity index (χ1v) is 7.48. The lowest BCUT2D eigenvalue weighted by Gasteiger charge is -2.17. The molecule has 0 spiro atoms. The molecule has 0 aliphatic carbocycles. The van der Waals surface area contributed by atoms with Gasteiger partial charge in [-0.15, -0.1) is 10.2 Å². The number of nitrogens with one attached hydrogen (secondary N) is 1. The van der Waals surface area contributed by atoms with E-state index in [2.05, 4.69) is 29.4 Å². The van der Waals surface area contributed by atoms with Crippen LogP contribution >= 0.6 is 11.6 Å². The third-order valence-corrected chi connectivity index (χ3v) is 3.35. The van der Waals surface area contributed by atoms with Crippen LogP contribution in [0.5, 0.6) is 5.75 Å². The molecule has 1 unspecified atom stereocenters. The molecule has 1 N–H and O–H groups in total. The Balaban J connectivity index is 2.11. The normalized spacial score (nSPS) is 12.4. The Morgan fingerprint density at radius 2 is 2.05 bits per heavy atom. The highest BCUT2D eigenvalue weighted by molar-refractivity contribution is 6.30. The van der Waals surface area contributed by atoms with E-state index in [1.807, 2.05) is 25.1 Å². The number of aromatic nitrogens is 2. The highest BCUT2D eigenvalue weighted by Gasteiger charge is 2.13. The summed E-state index contributed by atoms with van der Waals surface area (Å²) in [5.41, 5.74) is 1.01. The molecule has 2 aromatic rings. The predicted octanol–water partition coefficient (Wildman–Crippen LogP) is 3.53. The third kappa shape index (κ3) is 4.19. The largest absolute Gasteiger partial charge is 0.483 e. The van der Waals surface area contributed by atoms with Crippen LogP contribution in [0.15, 0.2) is 22.6 Å². The smallest absolute Gasteiger partial charge is 0.253 e. The molecule has 5 nitrogen and oxygen atoms in total. The molecule has 0 aliphatic heterocycles. The molecule has 2 rings (SSSR count). The zero-order chi connectivity index (χ0) is 15.2. The molecule has 0 bridgehead atoms. The van der Waals surface area contributed by atoms with Crippen molar-refractivity contribution in [3.05, 3.63) is 40.6 Å². The molecule has 1 aromatic heterocycles. The van der Waals surface area contributed by atoms with Crippen molar-refractivity contribution in [2.24, 2.45) is 0 Å². The Morgan fingerprint density at radius 1 is 1.29 bits per heavy atom. The molecule has 0 aliphatic rings. The van der Waals surface area contributed by atoms with E-state index in [4.69, 9.17) is 20.8 Å². The molecule has 0 saturated heterocycles. The third-order valence-electron chi connectivity index (χ3n) is 3.11. The van der Waals surface area contributed by atoms with Gasteiger partial charge in [0.05, 0.1) is 0 Å². The summed E-state index contributed by atoms with van der Waals surface area (Å²) in [4.78, 5) is 0. The van der Waals surface area contributed by atoms with Crippen LogP contribution in [0.25, 0.3) is 0 Å². The molecule has 6 heteroatoms. The van der Waals surface area contributed by atoms with Crippen molar-refractivity contribution in [3.8, 4) is 5.75 Å². The highest BCUT2D eigenvalue weighted by Crippen LogP contribution is 2.29. The van der Waals surface area contributed by atoms with E-state index in [-0.39, 0.29) is 12.6 Å². The fourth-order valence-corrected chi connectivity index (χ4v) is 2.21. The Bertz CT molecular complexity index is 586. The molecule has 0 fully saturated rings. The second-order valence-electron chi connectivity index (χ2n) is 4.69. The first-order chi connectivity index (χ1) is 10.1. The quantitative estimate of drug-likeness (QED) is 0.847. The Hall–Kier alpha value is -1.59. The Labute approximate surface area is 129 Å². The molecule has 0 amide bonds. The minimum Gasteiger partial charge on any atom is -0.483 e. The van der Waals surface area contributed by atoms with Gasteiger partial charge in [0, 0.05) is 23.0 Å². The molecule has 0 radical (unpaired) electrons. The number of benzene rings is 1. The van der Waals surface area contributed by atoms with Crippen molar-refractivity contribution < 1.29 is 9.15 Å². The summed E-state index contributed by atoms with van der Waals surface area (Å²) in [5.74, 6) is 1.86. The van der Waals surface area contributed by atoms with E-state index in [9.17, 15) is 0 Å². The minimum absolute atomic E-state index is 0.151. The van der Waals surface area contributed by atoms with Gasteiger partial charge in [-0.3, -0.25) is 0 Å². The summed E-state index contributed by atoms with van der Waals surface area (Å²) in [5, 5.41) is 11.9. The first-order valence-electron chi connectivity index (χ1n) is 7.10. The first kappa shape index (κ1) is 15.8. The number of rotatable bonds is 7. The maximum absolute atomic E-state index is 6.08. The van der Waals surface area contributed by atoms with E-state index in [1.165, 1.54) is 0 Å². The van der Waals surface area contributed by atoms with Crippen molar-refractivity contribution in [1.29, 1.82) is 0 Å². The van der Waals surface area contributed by atoms with Crippen LogP contribution < -0.4 is 10.1 Å². The second kappa shape index (κ2) is 7.43. The van der Waals surface area contributed by atoms with Crippen molar-refractivity contribution in [1.82, 2.24) is 15.5 Å². The Morgan fingerprint density at radius 3 is 2.71 bits per heavy atom. The minimum atomic E-state index is 0.151. The van der Waals surface area contributed by atoms with Crippen molar-refractivity contribution >= 4 is 11.6 Å². The summed E-state index contributed by atoms with van der Waals surface area (Å²) in [6.07, 6.45) is 0.719. The lowest BCUT2D eigenvalue weighted by molar-refractivity contribution is 0.255. The van der Waals surface area contributed by atoms with E-state index in [0.29, 0.717) is 16.8 Å². The van der Waals surface area contributed by atoms with E-state index >= 15 is 0 Å². The van der Waals surface area contributed by atoms with Crippen LogP contribution in [0, 0.1) is 0 Å². The lowest BCUT2D eigenvalue weighted by atomic mass is 10.1. The van der Waals surface area contributed by atoms with Crippen LogP contribution in [0.3, 0.4) is 0 Å².